The van der Waals surface area contributed by atoms with Crippen LogP contribution in [0.2, 0.25) is 10.0 Å². The summed E-state index contributed by atoms with van der Waals surface area (Å²) in [5.74, 6) is 1.04. The average molecular weight is 415 g/mol. The number of imidazole rings is 1. The first kappa shape index (κ1) is 19.5. The second-order valence-electron chi connectivity index (χ2n) is 7.18. The largest absolute Gasteiger partial charge is 0.330 e. The van der Waals surface area contributed by atoms with Crippen LogP contribution in [0.25, 0.3) is 11.4 Å². The molecule has 6 heteroatoms. The van der Waals surface area contributed by atoms with Crippen LogP contribution in [0.1, 0.15) is 5.56 Å². The molecule has 1 aliphatic rings. The van der Waals surface area contributed by atoms with Gasteiger partial charge in [-0.25, -0.2) is 4.98 Å². The summed E-state index contributed by atoms with van der Waals surface area (Å²) in [6, 6.07) is 16.3. The van der Waals surface area contributed by atoms with Gasteiger partial charge in [0.1, 0.15) is 5.82 Å². The van der Waals surface area contributed by atoms with E-state index in [1.165, 1.54) is 11.1 Å². The van der Waals surface area contributed by atoms with Crippen LogP contribution in [0.4, 0.5) is 0 Å². The fourth-order valence-corrected chi connectivity index (χ4v) is 3.97. The molecule has 1 aromatic heterocycles. The molecule has 0 aliphatic carbocycles. The van der Waals surface area contributed by atoms with E-state index in [1.54, 1.807) is 0 Å². The molecule has 0 N–H and O–H groups in total. The van der Waals surface area contributed by atoms with Gasteiger partial charge in [0.25, 0.3) is 0 Å². The molecule has 2 aromatic carbocycles. The normalized spacial score (nSPS) is 15.8. The summed E-state index contributed by atoms with van der Waals surface area (Å²) in [7, 11) is 0. The number of aromatic nitrogens is 2. The number of nitrogens with zero attached hydrogens (tertiary/aromatic N) is 4. The Hall–Kier alpha value is -1.85. The summed E-state index contributed by atoms with van der Waals surface area (Å²) < 4.78 is 2.25. The third-order valence-corrected chi connectivity index (χ3v) is 6.00. The predicted molar refractivity (Wildman–Crippen MR) is 116 cm³/mol. The van der Waals surface area contributed by atoms with E-state index in [0.717, 1.165) is 51.6 Å². The zero-order valence-corrected chi connectivity index (χ0v) is 17.3. The van der Waals surface area contributed by atoms with Gasteiger partial charge >= 0.3 is 0 Å². The highest BCUT2D eigenvalue weighted by atomic mass is 35.5. The molecular weight excluding hydrogens is 391 g/mol. The van der Waals surface area contributed by atoms with Crippen LogP contribution in [0.15, 0.2) is 60.9 Å². The second kappa shape index (κ2) is 9.10. The molecule has 28 heavy (non-hydrogen) atoms. The minimum Gasteiger partial charge on any atom is -0.330 e. The van der Waals surface area contributed by atoms with Crippen molar-refractivity contribution in [1.82, 2.24) is 19.4 Å². The van der Waals surface area contributed by atoms with E-state index in [0.29, 0.717) is 10.0 Å². The molecule has 0 atom stereocenters. The highest BCUT2D eigenvalue weighted by Crippen LogP contribution is 2.23. The summed E-state index contributed by atoms with van der Waals surface area (Å²) in [5.41, 5.74) is 2.38. The minimum absolute atomic E-state index is 0.615. The van der Waals surface area contributed by atoms with E-state index in [-0.39, 0.29) is 0 Å². The second-order valence-corrected chi connectivity index (χ2v) is 7.99. The van der Waals surface area contributed by atoms with E-state index < -0.39 is 0 Å². The molecule has 0 radical (unpaired) electrons. The molecule has 0 unspecified atom stereocenters. The first-order valence-electron chi connectivity index (χ1n) is 9.64. The van der Waals surface area contributed by atoms with E-state index in [2.05, 4.69) is 55.9 Å². The standard InChI is InChI=1S/C22H24Cl2N4/c23-20-7-6-18(16-21(20)24)17-27-12-10-26(11-13-27)14-15-28-9-8-25-22(28)19-4-2-1-3-5-19/h1-9,16H,10-15,17H2. The Morgan fingerprint density at radius 3 is 2.32 bits per heavy atom. The van der Waals surface area contributed by atoms with E-state index in [4.69, 9.17) is 23.2 Å². The van der Waals surface area contributed by atoms with Gasteiger partial charge in [-0.15, -0.1) is 0 Å². The van der Waals surface area contributed by atoms with Crippen LogP contribution in [-0.2, 0) is 13.1 Å². The zero-order valence-electron chi connectivity index (χ0n) is 15.8. The van der Waals surface area contributed by atoms with Gasteiger partial charge in [0.2, 0.25) is 0 Å². The first-order chi connectivity index (χ1) is 13.7. The van der Waals surface area contributed by atoms with Gasteiger partial charge < -0.3 is 4.57 Å². The number of halogens is 2. The fourth-order valence-electron chi connectivity index (χ4n) is 3.65. The lowest BCUT2D eigenvalue weighted by molar-refractivity contribution is 0.124. The maximum absolute atomic E-state index is 6.14. The smallest absolute Gasteiger partial charge is 0.139 e. The van der Waals surface area contributed by atoms with Crippen LogP contribution in [-0.4, -0.2) is 52.1 Å². The van der Waals surface area contributed by atoms with Gasteiger partial charge in [0, 0.05) is 63.8 Å². The van der Waals surface area contributed by atoms with Gasteiger partial charge in [0.15, 0.2) is 0 Å². The van der Waals surface area contributed by atoms with Crippen molar-refractivity contribution >= 4 is 23.2 Å². The van der Waals surface area contributed by atoms with Crippen molar-refractivity contribution in [3.8, 4) is 11.4 Å². The molecule has 0 saturated carbocycles. The summed E-state index contributed by atoms with van der Waals surface area (Å²) in [5, 5.41) is 1.25. The Balaban J connectivity index is 1.27. The Labute approximate surface area is 176 Å². The number of benzene rings is 2. The maximum Gasteiger partial charge on any atom is 0.139 e. The van der Waals surface area contributed by atoms with Gasteiger partial charge in [-0.1, -0.05) is 59.6 Å². The Morgan fingerprint density at radius 2 is 1.57 bits per heavy atom. The molecule has 0 amide bonds. The third-order valence-electron chi connectivity index (χ3n) is 5.26. The quantitative estimate of drug-likeness (QED) is 0.585. The van der Waals surface area contributed by atoms with Crippen molar-refractivity contribution in [1.29, 1.82) is 0 Å². The van der Waals surface area contributed by atoms with Gasteiger partial charge in [-0.2, -0.15) is 0 Å². The summed E-state index contributed by atoms with van der Waals surface area (Å²) in [4.78, 5) is 9.54. The van der Waals surface area contributed by atoms with Crippen molar-refractivity contribution in [2.45, 2.75) is 13.1 Å². The Morgan fingerprint density at radius 1 is 0.821 bits per heavy atom. The van der Waals surface area contributed by atoms with Crippen LogP contribution in [0, 0.1) is 0 Å². The Kier molecular flexibility index (Phi) is 6.33. The van der Waals surface area contributed by atoms with Crippen molar-refractivity contribution in [3.63, 3.8) is 0 Å². The van der Waals surface area contributed by atoms with Crippen LogP contribution in [0.3, 0.4) is 0 Å². The molecule has 4 rings (SSSR count). The molecule has 2 heterocycles. The lowest BCUT2D eigenvalue weighted by Gasteiger charge is -2.34. The molecule has 1 saturated heterocycles. The summed E-state index contributed by atoms with van der Waals surface area (Å²) in [6.45, 7) is 7.21. The van der Waals surface area contributed by atoms with E-state index in [9.17, 15) is 0 Å². The van der Waals surface area contributed by atoms with Crippen LogP contribution >= 0.6 is 23.2 Å². The molecule has 4 nitrogen and oxygen atoms in total. The average Bonchev–Trinajstić information content (AvgIpc) is 3.20. The number of hydrogen-bond donors (Lipinski definition) is 0. The van der Waals surface area contributed by atoms with Crippen LogP contribution in [0.5, 0.6) is 0 Å². The number of hydrogen-bond acceptors (Lipinski definition) is 3. The lowest BCUT2D eigenvalue weighted by Crippen LogP contribution is -2.46. The molecule has 0 spiro atoms. The van der Waals surface area contributed by atoms with Gasteiger partial charge in [-0.3, -0.25) is 9.80 Å². The lowest BCUT2D eigenvalue weighted by atomic mass is 10.2. The van der Waals surface area contributed by atoms with E-state index >= 15 is 0 Å². The van der Waals surface area contributed by atoms with Crippen molar-refractivity contribution in [2.75, 3.05) is 32.7 Å². The molecule has 146 valence electrons. The Bertz CT molecular complexity index is 902. The minimum atomic E-state index is 0.615. The number of rotatable bonds is 6. The SMILES string of the molecule is Clc1ccc(CN2CCN(CCn3ccnc3-c3ccccc3)CC2)cc1Cl. The first-order valence-corrected chi connectivity index (χ1v) is 10.4. The topological polar surface area (TPSA) is 24.3 Å². The monoisotopic (exact) mass is 414 g/mol. The van der Waals surface area contributed by atoms with Crippen molar-refractivity contribution in [2.24, 2.45) is 0 Å². The maximum atomic E-state index is 6.14. The van der Waals surface area contributed by atoms with Crippen molar-refractivity contribution in [3.05, 3.63) is 76.5 Å². The molecule has 0 bridgehead atoms. The highest BCUT2D eigenvalue weighted by molar-refractivity contribution is 6.42. The van der Waals surface area contributed by atoms with Gasteiger partial charge in [0.05, 0.1) is 10.0 Å². The van der Waals surface area contributed by atoms with Crippen LogP contribution < -0.4 is 0 Å². The highest BCUT2D eigenvalue weighted by Gasteiger charge is 2.17. The fraction of sp³-hybridized carbons (Fsp3) is 0.318. The molecule has 1 fully saturated rings. The van der Waals surface area contributed by atoms with Gasteiger partial charge in [-0.05, 0) is 17.7 Å². The predicted octanol–water partition coefficient (Wildman–Crippen LogP) is 4.67. The van der Waals surface area contributed by atoms with Crippen molar-refractivity contribution < 1.29 is 0 Å². The summed E-state index contributed by atoms with van der Waals surface area (Å²) in [6.07, 6.45) is 3.96. The molecular formula is C22H24Cl2N4. The van der Waals surface area contributed by atoms with E-state index in [1.807, 2.05) is 24.4 Å². The number of piperazine rings is 1. The summed E-state index contributed by atoms with van der Waals surface area (Å²) >= 11 is 12.1. The molecule has 3 aromatic rings. The zero-order chi connectivity index (χ0) is 19.3. The molecule has 1 aliphatic heterocycles. The third kappa shape index (κ3) is 4.76.